The first kappa shape index (κ1) is 13.9. The van der Waals surface area contributed by atoms with Crippen molar-refractivity contribution in [2.45, 2.75) is 37.8 Å². The van der Waals surface area contributed by atoms with Crippen LogP contribution in [0.2, 0.25) is 0 Å². The topological polar surface area (TPSA) is 61.6 Å². The zero-order chi connectivity index (χ0) is 12.9. The fourth-order valence-electron chi connectivity index (χ4n) is 2.01. The van der Waals surface area contributed by atoms with Gasteiger partial charge in [0.2, 0.25) is 0 Å². The van der Waals surface area contributed by atoms with Gasteiger partial charge in [0.15, 0.2) is 0 Å². The monoisotopic (exact) mass is 258 g/mol. The number of rotatable bonds is 4. The van der Waals surface area contributed by atoms with Crippen molar-refractivity contribution in [1.82, 2.24) is 0 Å². The minimum atomic E-state index is -0.349. The number of azo groups is 1. The van der Waals surface area contributed by atoms with Crippen LogP contribution < -0.4 is 0 Å². The molecule has 0 atom stereocenters. The van der Waals surface area contributed by atoms with Gasteiger partial charge in [-0.05, 0) is 12.8 Å². The van der Waals surface area contributed by atoms with Crippen LogP contribution >= 0.6 is 0 Å². The molecule has 0 aliphatic carbocycles. The first-order valence-corrected chi connectivity index (χ1v) is 6.49. The molecule has 2 aliphatic heterocycles. The predicted octanol–water partition coefficient (Wildman–Crippen LogP) is 1.74. The maximum absolute atomic E-state index is 5.34. The molecule has 2 aliphatic rings. The predicted molar refractivity (Wildman–Crippen MR) is 64.4 cm³/mol. The van der Waals surface area contributed by atoms with Gasteiger partial charge < -0.3 is 18.9 Å². The summed E-state index contributed by atoms with van der Waals surface area (Å²) < 4.78 is 21.4. The van der Waals surface area contributed by atoms with Crippen LogP contribution in [0.25, 0.3) is 0 Å². The van der Waals surface area contributed by atoms with Crippen molar-refractivity contribution in [2.24, 2.45) is 10.2 Å². The highest BCUT2D eigenvalue weighted by molar-refractivity contribution is 4.92. The molecule has 2 heterocycles. The molecule has 0 amide bonds. The molecule has 0 aromatic carbocycles. The third kappa shape index (κ3) is 3.06. The van der Waals surface area contributed by atoms with E-state index in [1.807, 2.05) is 0 Å². The lowest BCUT2D eigenvalue weighted by Crippen LogP contribution is -2.45. The largest absolute Gasteiger partial charge is 0.353 e. The van der Waals surface area contributed by atoms with Crippen molar-refractivity contribution in [3.8, 4) is 0 Å². The summed E-state index contributed by atoms with van der Waals surface area (Å²) in [5.41, 5.74) is -0.699. The van der Waals surface area contributed by atoms with Crippen LogP contribution in [0.4, 0.5) is 0 Å². The molecule has 0 aromatic rings. The zero-order valence-corrected chi connectivity index (χ0v) is 11.2. The van der Waals surface area contributed by atoms with Gasteiger partial charge in [0.25, 0.3) is 0 Å². The van der Waals surface area contributed by atoms with E-state index < -0.39 is 0 Å². The second kappa shape index (κ2) is 6.06. The van der Waals surface area contributed by atoms with Gasteiger partial charge in [0, 0.05) is 0 Å². The van der Waals surface area contributed by atoms with E-state index in [9.17, 15) is 0 Å². The Bertz CT molecular complexity index is 256. The van der Waals surface area contributed by atoms with Crippen LogP contribution in [0.15, 0.2) is 10.2 Å². The first-order valence-electron chi connectivity index (χ1n) is 6.49. The summed E-state index contributed by atoms with van der Waals surface area (Å²) in [6, 6.07) is 0. The average molecular weight is 258 g/mol. The molecule has 0 N–H and O–H groups in total. The molecular formula is C12H22N2O4. The Morgan fingerprint density at radius 2 is 1.06 bits per heavy atom. The van der Waals surface area contributed by atoms with Gasteiger partial charge in [0.05, 0.1) is 26.4 Å². The number of hydrogen-bond donors (Lipinski definition) is 0. The van der Waals surface area contributed by atoms with E-state index >= 15 is 0 Å². The van der Waals surface area contributed by atoms with Crippen molar-refractivity contribution >= 4 is 0 Å². The average Bonchev–Trinajstić information content (AvgIpc) is 2.47. The zero-order valence-electron chi connectivity index (χ0n) is 11.2. The molecule has 0 bridgehead atoms. The van der Waals surface area contributed by atoms with E-state index in [0.717, 1.165) is 12.8 Å². The Balaban J connectivity index is 2.06. The van der Waals surface area contributed by atoms with Gasteiger partial charge in [-0.15, -0.1) is 0 Å². The SMILES string of the molecule is CCC1(/N=N/C2(CC)COCOC2)COCOC1. The summed E-state index contributed by atoms with van der Waals surface area (Å²) in [7, 11) is 0. The van der Waals surface area contributed by atoms with E-state index in [0.29, 0.717) is 40.0 Å². The summed E-state index contributed by atoms with van der Waals surface area (Å²) in [6.45, 7) is 7.10. The van der Waals surface area contributed by atoms with E-state index in [4.69, 9.17) is 18.9 Å². The Morgan fingerprint density at radius 1 is 0.722 bits per heavy atom. The minimum Gasteiger partial charge on any atom is -0.353 e. The van der Waals surface area contributed by atoms with Gasteiger partial charge in [-0.2, -0.15) is 10.2 Å². The van der Waals surface area contributed by atoms with Crippen LogP contribution in [0.3, 0.4) is 0 Å². The van der Waals surface area contributed by atoms with Crippen molar-refractivity contribution in [3.05, 3.63) is 0 Å². The Labute approximate surface area is 108 Å². The van der Waals surface area contributed by atoms with Crippen LogP contribution in [0, 0.1) is 0 Å². The van der Waals surface area contributed by atoms with Gasteiger partial charge in [-0.1, -0.05) is 13.8 Å². The molecule has 104 valence electrons. The van der Waals surface area contributed by atoms with E-state index in [1.165, 1.54) is 0 Å². The third-order valence-corrected chi connectivity index (χ3v) is 3.61. The molecule has 2 saturated heterocycles. The first-order chi connectivity index (χ1) is 8.74. The Morgan fingerprint density at radius 3 is 1.33 bits per heavy atom. The lowest BCUT2D eigenvalue weighted by atomic mass is 9.98. The Kier molecular flexibility index (Phi) is 4.66. The molecule has 0 radical (unpaired) electrons. The van der Waals surface area contributed by atoms with Gasteiger partial charge in [-0.3, -0.25) is 0 Å². The highest BCUT2D eigenvalue weighted by atomic mass is 16.7. The summed E-state index contributed by atoms with van der Waals surface area (Å²) in [5, 5.41) is 9.03. The molecule has 0 spiro atoms. The molecule has 18 heavy (non-hydrogen) atoms. The lowest BCUT2D eigenvalue weighted by Gasteiger charge is -2.35. The standard InChI is InChI=1S/C12H22N2O4/c1-3-11(5-15-9-16-6-11)13-14-12(4-2)7-17-10-18-8-12/h3-10H2,1-2H3/b14-13+. The summed E-state index contributed by atoms with van der Waals surface area (Å²) >= 11 is 0. The Hall–Kier alpha value is -0.560. The molecule has 2 fully saturated rings. The molecular weight excluding hydrogens is 236 g/mol. The van der Waals surface area contributed by atoms with Crippen LogP contribution in [0.5, 0.6) is 0 Å². The number of ether oxygens (including phenoxy) is 4. The van der Waals surface area contributed by atoms with Crippen LogP contribution in [0.1, 0.15) is 26.7 Å². The van der Waals surface area contributed by atoms with E-state index in [2.05, 4.69) is 24.1 Å². The van der Waals surface area contributed by atoms with Gasteiger partial charge >= 0.3 is 0 Å². The van der Waals surface area contributed by atoms with Gasteiger partial charge in [-0.25, -0.2) is 0 Å². The smallest absolute Gasteiger partial charge is 0.146 e. The van der Waals surface area contributed by atoms with Crippen LogP contribution in [-0.4, -0.2) is 51.1 Å². The van der Waals surface area contributed by atoms with Crippen molar-refractivity contribution in [2.75, 3.05) is 40.0 Å². The quantitative estimate of drug-likeness (QED) is 0.721. The second-order valence-corrected chi connectivity index (χ2v) is 4.99. The summed E-state index contributed by atoms with van der Waals surface area (Å²) in [4.78, 5) is 0. The maximum Gasteiger partial charge on any atom is 0.146 e. The normalized spacial score (nSPS) is 27.4. The molecule has 6 heteroatoms. The van der Waals surface area contributed by atoms with E-state index in [-0.39, 0.29) is 11.1 Å². The van der Waals surface area contributed by atoms with Gasteiger partial charge in [0.1, 0.15) is 24.7 Å². The number of hydrogen-bond acceptors (Lipinski definition) is 6. The highest BCUT2D eigenvalue weighted by Gasteiger charge is 2.36. The summed E-state index contributed by atoms with van der Waals surface area (Å²) in [6.07, 6.45) is 1.69. The van der Waals surface area contributed by atoms with E-state index in [1.54, 1.807) is 0 Å². The molecule has 0 saturated carbocycles. The number of nitrogens with zero attached hydrogens (tertiary/aromatic N) is 2. The van der Waals surface area contributed by atoms with Crippen molar-refractivity contribution < 1.29 is 18.9 Å². The van der Waals surface area contributed by atoms with Crippen molar-refractivity contribution in [3.63, 3.8) is 0 Å². The minimum absolute atomic E-state index is 0.349. The molecule has 6 nitrogen and oxygen atoms in total. The fourth-order valence-corrected chi connectivity index (χ4v) is 2.01. The highest BCUT2D eigenvalue weighted by Crippen LogP contribution is 2.27. The lowest BCUT2D eigenvalue weighted by molar-refractivity contribution is -0.145. The molecule has 0 aromatic heterocycles. The molecule has 2 rings (SSSR count). The summed E-state index contributed by atoms with van der Waals surface area (Å²) in [5.74, 6) is 0. The van der Waals surface area contributed by atoms with Crippen LogP contribution in [-0.2, 0) is 18.9 Å². The molecule has 0 unspecified atom stereocenters. The fraction of sp³-hybridized carbons (Fsp3) is 1.00. The second-order valence-electron chi connectivity index (χ2n) is 4.99. The maximum atomic E-state index is 5.34. The van der Waals surface area contributed by atoms with Crippen molar-refractivity contribution in [1.29, 1.82) is 0 Å². The third-order valence-electron chi connectivity index (χ3n) is 3.61.